The predicted molar refractivity (Wildman–Crippen MR) is 134 cm³/mol. The number of nitrogens with zero attached hydrogens (tertiary/aromatic N) is 4. The number of nitrogens with one attached hydrogen (secondary N) is 2. The van der Waals surface area contributed by atoms with E-state index in [4.69, 9.17) is 14.7 Å². The van der Waals surface area contributed by atoms with Gasteiger partial charge in [-0.05, 0) is 57.4 Å². The molecule has 3 aliphatic rings. The number of fused-ring (bicyclic) bond motifs is 1. The fourth-order valence-electron chi connectivity index (χ4n) is 5.46. The molecule has 8 nitrogen and oxygen atoms in total. The highest BCUT2D eigenvalue weighted by Gasteiger charge is 2.32. The van der Waals surface area contributed by atoms with E-state index in [0.717, 1.165) is 62.2 Å². The fraction of sp³-hybridized carbons (Fsp3) is 0.577. The third-order valence-electron chi connectivity index (χ3n) is 7.29. The van der Waals surface area contributed by atoms with Gasteiger partial charge >= 0.3 is 6.03 Å². The molecule has 1 aromatic carbocycles. The number of amides is 2. The van der Waals surface area contributed by atoms with Gasteiger partial charge in [-0.1, -0.05) is 12.8 Å². The van der Waals surface area contributed by atoms with E-state index in [2.05, 4.69) is 27.4 Å². The maximum absolute atomic E-state index is 11.9. The van der Waals surface area contributed by atoms with Gasteiger partial charge in [0.15, 0.2) is 5.82 Å². The van der Waals surface area contributed by atoms with Crippen LogP contribution in [0.1, 0.15) is 50.8 Å². The molecule has 0 bridgehead atoms. The van der Waals surface area contributed by atoms with Gasteiger partial charge in [0.25, 0.3) is 0 Å². The summed E-state index contributed by atoms with van der Waals surface area (Å²) in [6, 6.07) is 8.59. The Morgan fingerprint density at radius 1 is 1.15 bits per heavy atom. The van der Waals surface area contributed by atoms with Crippen LogP contribution in [0.3, 0.4) is 0 Å². The molecule has 34 heavy (non-hydrogen) atoms. The van der Waals surface area contributed by atoms with Crippen LogP contribution in [0.5, 0.6) is 0 Å². The minimum absolute atomic E-state index is 0.198. The first-order chi connectivity index (χ1) is 16.6. The molecule has 1 aromatic heterocycles. The Hall–Kier alpha value is -2.71. The van der Waals surface area contributed by atoms with E-state index < -0.39 is 0 Å². The van der Waals surface area contributed by atoms with Crippen molar-refractivity contribution in [1.29, 1.82) is 0 Å². The molecule has 0 spiro atoms. The molecular weight excluding hydrogens is 428 g/mol. The van der Waals surface area contributed by atoms with Gasteiger partial charge < -0.3 is 20.3 Å². The Morgan fingerprint density at radius 2 is 1.94 bits per heavy atom. The number of carbonyl (C=O) groups excluding carboxylic acids is 1. The topological polar surface area (TPSA) is 82.6 Å². The van der Waals surface area contributed by atoms with Gasteiger partial charge in [0.2, 0.25) is 0 Å². The molecular formula is C26H36N6O2. The summed E-state index contributed by atoms with van der Waals surface area (Å²) in [6.07, 6.45) is 6.30. The number of anilines is 2. The van der Waals surface area contributed by atoms with Gasteiger partial charge in [-0.15, -0.1) is 0 Å². The van der Waals surface area contributed by atoms with Gasteiger partial charge in [-0.3, -0.25) is 4.90 Å². The highest BCUT2D eigenvalue weighted by atomic mass is 16.5. The van der Waals surface area contributed by atoms with E-state index in [1.165, 1.54) is 36.9 Å². The van der Waals surface area contributed by atoms with Crippen molar-refractivity contribution < 1.29 is 9.53 Å². The van der Waals surface area contributed by atoms with Gasteiger partial charge in [-0.2, -0.15) is 0 Å². The number of hydrogen-bond acceptors (Lipinski definition) is 6. The van der Waals surface area contributed by atoms with Gasteiger partial charge in [0.05, 0.1) is 24.9 Å². The molecule has 8 heteroatoms. The summed E-state index contributed by atoms with van der Waals surface area (Å²) in [7, 11) is 0. The Balaban J connectivity index is 1.46. The summed E-state index contributed by atoms with van der Waals surface area (Å²) in [6.45, 7) is 9.00. The van der Waals surface area contributed by atoms with Crippen LogP contribution in [0.4, 0.5) is 16.3 Å². The fourth-order valence-corrected chi connectivity index (χ4v) is 5.46. The number of urea groups is 1. The van der Waals surface area contributed by atoms with E-state index in [-0.39, 0.29) is 12.1 Å². The number of rotatable bonds is 5. The number of benzene rings is 1. The lowest BCUT2D eigenvalue weighted by atomic mass is 10.0. The number of carbonyl (C=O) groups is 1. The average molecular weight is 465 g/mol. The largest absolute Gasteiger partial charge is 0.377 e. The van der Waals surface area contributed by atoms with Crippen molar-refractivity contribution in [1.82, 2.24) is 20.2 Å². The molecule has 182 valence electrons. The maximum atomic E-state index is 11.9. The summed E-state index contributed by atoms with van der Waals surface area (Å²) in [5.41, 5.74) is 4.19. The van der Waals surface area contributed by atoms with E-state index >= 15 is 0 Å². The highest BCUT2D eigenvalue weighted by Crippen LogP contribution is 2.34. The minimum Gasteiger partial charge on any atom is -0.377 e. The first-order valence-corrected chi connectivity index (χ1v) is 12.8. The second-order valence-electron chi connectivity index (χ2n) is 9.63. The Morgan fingerprint density at radius 3 is 2.68 bits per heavy atom. The minimum atomic E-state index is -0.198. The molecule has 1 unspecified atom stereocenters. The number of hydrogen-bond donors (Lipinski definition) is 2. The standard InChI is InChI=1S/C26H36N6O2/c1-3-27-26(33)28-20-10-8-19(9-11-20)24-29-23-16-31(21-6-4-5-7-21)13-12-22(23)25(30-24)32-14-15-34-17-18(32)2/h8-11,18,21H,3-7,12-17H2,1-2H3,(H2,27,28,33). The summed E-state index contributed by atoms with van der Waals surface area (Å²) < 4.78 is 5.71. The molecule has 2 amide bonds. The Bertz CT molecular complexity index is 1010. The van der Waals surface area contributed by atoms with E-state index in [0.29, 0.717) is 12.6 Å². The van der Waals surface area contributed by atoms with Crippen molar-refractivity contribution in [2.75, 3.05) is 43.1 Å². The van der Waals surface area contributed by atoms with Crippen molar-refractivity contribution in [3.05, 3.63) is 35.5 Å². The van der Waals surface area contributed by atoms with Crippen LogP contribution in [0.25, 0.3) is 11.4 Å². The van der Waals surface area contributed by atoms with Gasteiger partial charge in [0, 0.05) is 49.0 Å². The van der Waals surface area contributed by atoms with E-state index in [1.807, 2.05) is 31.2 Å². The van der Waals surface area contributed by atoms with Crippen molar-refractivity contribution in [2.24, 2.45) is 0 Å². The average Bonchev–Trinajstić information content (AvgIpc) is 3.39. The van der Waals surface area contributed by atoms with Crippen LogP contribution >= 0.6 is 0 Å². The lowest BCUT2D eigenvalue weighted by molar-refractivity contribution is 0.0982. The van der Waals surface area contributed by atoms with Crippen LogP contribution in [-0.4, -0.2) is 65.8 Å². The normalized spacial score (nSPS) is 21.4. The van der Waals surface area contributed by atoms with Crippen LogP contribution in [0.2, 0.25) is 0 Å². The summed E-state index contributed by atoms with van der Waals surface area (Å²) in [5, 5.41) is 5.61. The smallest absolute Gasteiger partial charge is 0.319 e. The predicted octanol–water partition coefficient (Wildman–Crippen LogP) is 3.81. The van der Waals surface area contributed by atoms with Crippen LogP contribution < -0.4 is 15.5 Å². The molecule has 3 heterocycles. The van der Waals surface area contributed by atoms with Gasteiger partial charge in [-0.25, -0.2) is 14.8 Å². The monoisotopic (exact) mass is 464 g/mol. The third-order valence-corrected chi connectivity index (χ3v) is 7.29. The van der Waals surface area contributed by atoms with Crippen molar-refractivity contribution in [3.63, 3.8) is 0 Å². The zero-order valence-corrected chi connectivity index (χ0v) is 20.3. The third kappa shape index (κ3) is 4.88. The molecule has 1 atom stereocenters. The second kappa shape index (κ2) is 10.3. The number of aromatic nitrogens is 2. The lowest BCUT2D eigenvalue weighted by Gasteiger charge is -2.39. The highest BCUT2D eigenvalue weighted by molar-refractivity contribution is 5.89. The molecule has 0 radical (unpaired) electrons. The SMILES string of the molecule is CCNC(=O)Nc1ccc(-c2nc3c(c(N4CCOCC4C)n2)CCN(C2CCCC2)C3)cc1. The molecule has 5 rings (SSSR count). The van der Waals surface area contributed by atoms with Crippen LogP contribution in [0, 0.1) is 0 Å². The second-order valence-corrected chi connectivity index (χ2v) is 9.63. The Labute approximate surface area is 202 Å². The quantitative estimate of drug-likeness (QED) is 0.700. The van der Waals surface area contributed by atoms with E-state index in [9.17, 15) is 4.79 Å². The first-order valence-electron chi connectivity index (χ1n) is 12.8. The van der Waals surface area contributed by atoms with Gasteiger partial charge in [0.1, 0.15) is 5.82 Å². The van der Waals surface area contributed by atoms with Crippen molar-refractivity contribution >= 4 is 17.5 Å². The number of ether oxygens (including phenoxy) is 1. The number of morpholine rings is 1. The molecule has 2 fully saturated rings. The van der Waals surface area contributed by atoms with Crippen molar-refractivity contribution in [2.45, 2.75) is 64.6 Å². The zero-order chi connectivity index (χ0) is 23.5. The lowest BCUT2D eigenvalue weighted by Crippen LogP contribution is -2.46. The first kappa shape index (κ1) is 23.1. The summed E-state index contributed by atoms with van der Waals surface area (Å²) in [4.78, 5) is 27.1. The van der Waals surface area contributed by atoms with E-state index in [1.54, 1.807) is 0 Å². The Kier molecular flexibility index (Phi) is 6.97. The maximum Gasteiger partial charge on any atom is 0.319 e. The molecule has 1 saturated carbocycles. The van der Waals surface area contributed by atoms with Crippen LogP contribution in [-0.2, 0) is 17.7 Å². The summed E-state index contributed by atoms with van der Waals surface area (Å²) in [5.74, 6) is 1.83. The molecule has 1 aliphatic carbocycles. The molecule has 2 N–H and O–H groups in total. The molecule has 1 saturated heterocycles. The molecule has 2 aliphatic heterocycles. The summed E-state index contributed by atoms with van der Waals surface area (Å²) >= 11 is 0. The van der Waals surface area contributed by atoms with Crippen LogP contribution in [0.15, 0.2) is 24.3 Å². The van der Waals surface area contributed by atoms with Crippen molar-refractivity contribution in [3.8, 4) is 11.4 Å². The molecule has 2 aromatic rings. The zero-order valence-electron chi connectivity index (χ0n) is 20.3.